The van der Waals surface area contributed by atoms with E-state index < -0.39 is 0 Å². The van der Waals surface area contributed by atoms with Crippen LogP contribution in [0.5, 0.6) is 11.5 Å². The first-order chi connectivity index (χ1) is 11.5. The van der Waals surface area contributed by atoms with Crippen LogP contribution in [0.4, 0.5) is 5.69 Å². The molecule has 0 amide bonds. The SMILES string of the molecule is COc1ccc(OC(C)CN=C(N)Nc2cc(C)cc(C)c2)cc1.I. The number of guanidine groups is 1. The molecule has 0 saturated heterocycles. The Hall–Kier alpha value is -1.96. The van der Waals surface area contributed by atoms with E-state index in [1.165, 1.54) is 11.1 Å². The van der Waals surface area contributed by atoms with E-state index in [2.05, 4.69) is 30.2 Å². The third kappa shape index (κ3) is 7.21. The normalized spacial score (nSPS) is 12.1. The van der Waals surface area contributed by atoms with Crippen molar-refractivity contribution < 1.29 is 9.47 Å². The first-order valence-electron chi connectivity index (χ1n) is 7.92. The third-order valence-corrected chi connectivity index (χ3v) is 3.41. The molecule has 1 unspecified atom stereocenters. The fourth-order valence-corrected chi connectivity index (χ4v) is 2.39. The fraction of sp³-hybridized carbons (Fsp3) is 0.316. The molecule has 136 valence electrons. The Bertz CT molecular complexity index is 682. The number of aliphatic imine (C=N–C) groups is 1. The molecule has 0 fully saturated rings. The Kier molecular flexibility index (Phi) is 8.54. The number of benzene rings is 2. The largest absolute Gasteiger partial charge is 0.497 e. The minimum absolute atomic E-state index is 0. The van der Waals surface area contributed by atoms with Gasteiger partial charge in [0.25, 0.3) is 0 Å². The molecule has 0 aliphatic heterocycles. The van der Waals surface area contributed by atoms with Crippen molar-refractivity contribution in [2.45, 2.75) is 26.9 Å². The number of nitrogens with one attached hydrogen (secondary N) is 1. The second-order valence-electron chi connectivity index (χ2n) is 5.83. The molecule has 0 radical (unpaired) electrons. The van der Waals surface area contributed by atoms with Crippen LogP contribution >= 0.6 is 24.0 Å². The average molecular weight is 455 g/mol. The lowest BCUT2D eigenvalue weighted by Gasteiger charge is -2.14. The van der Waals surface area contributed by atoms with Crippen molar-refractivity contribution in [3.63, 3.8) is 0 Å². The summed E-state index contributed by atoms with van der Waals surface area (Å²) in [6.45, 7) is 6.53. The van der Waals surface area contributed by atoms with E-state index in [0.717, 1.165) is 17.2 Å². The quantitative estimate of drug-likeness (QED) is 0.391. The van der Waals surface area contributed by atoms with Gasteiger partial charge in [-0.25, -0.2) is 4.99 Å². The molecule has 0 heterocycles. The number of aryl methyl sites for hydroxylation is 2. The zero-order valence-electron chi connectivity index (χ0n) is 15.1. The summed E-state index contributed by atoms with van der Waals surface area (Å²) in [6, 6.07) is 13.7. The van der Waals surface area contributed by atoms with E-state index in [4.69, 9.17) is 15.2 Å². The minimum atomic E-state index is -0.0852. The van der Waals surface area contributed by atoms with Gasteiger partial charge in [-0.3, -0.25) is 0 Å². The Morgan fingerprint density at radius 2 is 1.64 bits per heavy atom. The van der Waals surface area contributed by atoms with Gasteiger partial charge in [0.2, 0.25) is 0 Å². The van der Waals surface area contributed by atoms with Crippen LogP contribution in [0.1, 0.15) is 18.1 Å². The molecule has 0 bridgehead atoms. The number of ether oxygens (including phenoxy) is 2. The maximum atomic E-state index is 5.95. The van der Waals surface area contributed by atoms with Crippen LogP contribution in [-0.2, 0) is 0 Å². The second-order valence-corrected chi connectivity index (χ2v) is 5.83. The topological polar surface area (TPSA) is 68.9 Å². The van der Waals surface area contributed by atoms with Crippen LogP contribution in [0, 0.1) is 13.8 Å². The van der Waals surface area contributed by atoms with E-state index in [-0.39, 0.29) is 30.1 Å². The zero-order valence-corrected chi connectivity index (χ0v) is 17.4. The predicted molar refractivity (Wildman–Crippen MR) is 115 cm³/mol. The van der Waals surface area contributed by atoms with Gasteiger partial charge in [-0.15, -0.1) is 24.0 Å². The molecule has 0 saturated carbocycles. The molecule has 5 nitrogen and oxygen atoms in total. The first-order valence-corrected chi connectivity index (χ1v) is 7.92. The number of rotatable bonds is 6. The molecular formula is C19H26IN3O2. The zero-order chi connectivity index (χ0) is 17.5. The highest BCUT2D eigenvalue weighted by Crippen LogP contribution is 2.18. The molecule has 2 rings (SSSR count). The molecule has 0 aromatic heterocycles. The maximum Gasteiger partial charge on any atom is 0.193 e. The van der Waals surface area contributed by atoms with Gasteiger partial charge in [0.1, 0.15) is 17.6 Å². The highest BCUT2D eigenvalue weighted by Gasteiger charge is 2.04. The van der Waals surface area contributed by atoms with Gasteiger partial charge in [-0.1, -0.05) is 6.07 Å². The summed E-state index contributed by atoms with van der Waals surface area (Å²) < 4.78 is 10.9. The standard InChI is InChI=1S/C19H25N3O2.HI/c1-13-9-14(2)11-16(10-13)22-19(20)21-12-15(3)24-18-7-5-17(23-4)6-8-18;/h5-11,15H,12H2,1-4H3,(H3,20,21,22);1H. The van der Waals surface area contributed by atoms with Crippen LogP contribution in [0.15, 0.2) is 47.5 Å². The van der Waals surface area contributed by atoms with Crippen molar-refractivity contribution in [1.29, 1.82) is 0 Å². The van der Waals surface area contributed by atoms with Gasteiger partial charge in [0.05, 0.1) is 13.7 Å². The number of nitrogens with two attached hydrogens (primary N) is 1. The molecule has 0 aliphatic carbocycles. The highest BCUT2D eigenvalue weighted by atomic mass is 127. The monoisotopic (exact) mass is 455 g/mol. The highest BCUT2D eigenvalue weighted by molar-refractivity contribution is 14.0. The average Bonchev–Trinajstić information content (AvgIpc) is 2.53. The summed E-state index contributed by atoms with van der Waals surface area (Å²) in [7, 11) is 1.64. The van der Waals surface area contributed by atoms with Crippen LogP contribution in [0.25, 0.3) is 0 Å². The summed E-state index contributed by atoms with van der Waals surface area (Å²) in [5.74, 6) is 1.96. The van der Waals surface area contributed by atoms with Crippen molar-refractivity contribution in [3.05, 3.63) is 53.6 Å². The van der Waals surface area contributed by atoms with Crippen LogP contribution in [0.3, 0.4) is 0 Å². The molecule has 2 aromatic carbocycles. The number of anilines is 1. The second kappa shape index (κ2) is 10.1. The van der Waals surface area contributed by atoms with E-state index in [9.17, 15) is 0 Å². The molecule has 2 aromatic rings. The smallest absolute Gasteiger partial charge is 0.193 e. The Morgan fingerprint density at radius 3 is 2.20 bits per heavy atom. The molecule has 0 spiro atoms. The summed E-state index contributed by atoms with van der Waals surface area (Å²) in [4.78, 5) is 4.34. The lowest BCUT2D eigenvalue weighted by atomic mass is 10.1. The van der Waals surface area contributed by atoms with E-state index in [1.807, 2.05) is 43.3 Å². The Balaban J connectivity index is 0.00000312. The predicted octanol–water partition coefficient (Wildman–Crippen LogP) is 4.12. The number of halogens is 1. The molecule has 25 heavy (non-hydrogen) atoms. The number of hydrogen-bond acceptors (Lipinski definition) is 3. The van der Waals surface area contributed by atoms with E-state index in [1.54, 1.807) is 7.11 Å². The molecule has 3 N–H and O–H groups in total. The van der Waals surface area contributed by atoms with Crippen molar-refractivity contribution in [2.75, 3.05) is 19.0 Å². The molecule has 0 aliphatic rings. The van der Waals surface area contributed by atoms with Crippen molar-refractivity contribution in [1.82, 2.24) is 0 Å². The number of hydrogen-bond donors (Lipinski definition) is 2. The lowest BCUT2D eigenvalue weighted by Crippen LogP contribution is -2.25. The summed E-state index contributed by atoms with van der Waals surface area (Å²) >= 11 is 0. The van der Waals surface area contributed by atoms with Gasteiger partial charge < -0.3 is 20.5 Å². The van der Waals surface area contributed by atoms with Gasteiger partial charge in [-0.05, 0) is 68.3 Å². The van der Waals surface area contributed by atoms with Crippen LogP contribution < -0.4 is 20.5 Å². The van der Waals surface area contributed by atoms with E-state index in [0.29, 0.717) is 12.5 Å². The lowest BCUT2D eigenvalue weighted by molar-refractivity contribution is 0.230. The van der Waals surface area contributed by atoms with Gasteiger partial charge in [-0.2, -0.15) is 0 Å². The van der Waals surface area contributed by atoms with Gasteiger partial charge in [0, 0.05) is 5.69 Å². The minimum Gasteiger partial charge on any atom is -0.497 e. The number of nitrogens with zero attached hydrogens (tertiary/aromatic N) is 1. The fourth-order valence-electron chi connectivity index (χ4n) is 2.39. The third-order valence-electron chi connectivity index (χ3n) is 3.41. The molecular weight excluding hydrogens is 429 g/mol. The number of methoxy groups -OCH3 is 1. The van der Waals surface area contributed by atoms with Crippen molar-refractivity contribution in [3.8, 4) is 11.5 Å². The maximum absolute atomic E-state index is 5.95. The molecule has 1 atom stereocenters. The van der Waals surface area contributed by atoms with Gasteiger partial charge >= 0.3 is 0 Å². The summed E-state index contributed by atoms with van der Waals surface area (Å²) in [6.07, 6.45) is -0.0852. The van der Waals surface area contributed by atoms with Crippen LogP contribution in [0.2, 0.25) is 0 Å². The van der Waals surface area contributed by atoms with E-state index >= 15 is 0 Å². The summed E-state index contributed by atoms with van der Waals surface area (Å²) in [5.41, 5.74) is 9.26. The van der Waals surface area contributed by atoms with Crippen molar-refractivity contribution >= 4 is 35.6 Å². The van der Waals surface area contributed by atoms with Crippen LogP contribution in [-0.4, -0.2) is 25.7 Å². The molecule has 6 heteroatoms. The summed E-state index contributed by atoms with van der Waals surface area (Å²) in [5, 5.41) is 3.11. The van der Waals surface area contributed by atoms with Crippen molar-refractivity contribution in [2.24, 2.45) is 10.7 Å². The van der Waals surface area contributed by atoms with Gasteiger partial charge in [0.15, 0.2) is 5.96 Å². The first kappa shape index (κ1) is 21.1. The Labute approximate surface area is 166 Å². The Morgan fingerprint density at radius 1 is 1.08 bits per heavy atom.